The van der Waals surface area contributed by atoms with Gasteiger partial charge < -0.3 is 9.88 Å². The number of halogens is 1. The zero-order valence-corrected chi connectivity index (χ0v) is 14.5. The first kappa shape index (κ1) is 16.5. The first-order valence-electron chi connectivity index (χ1n) is 7.77. The minimum absolute atomic E-state index is 0.120. The number of fused-ring (bicyclic) bond motifs is 1. The first-order valence-corrected chi connectivity index (χ1v) is 8.65. The molecule has 0 fully saturated rings. The number of rotatable bonds is 5. The van der Waals surface area contributed by atoms with Gasteiger partial charge in [-0.3, -0.25) is 4.79 Å². The lowest BCUT2D eigenvalue weighted by molar-refractivity contribution is 0.0942. The fourth-order valence-electron chi connectivity index (χ4n) is 2.51. The minimum Gasteiger partial charge on any atom is -0.347 e. The normalized spacial score (nSPS) is 10.8. The monoisotopic (exact) mass is 342 g/mol. The van der Waals surface area contributed by atoms with Crippen molar-refractivity contribution in [3.8, 4) is 0 Å². The number of aromatic nitrogens is 1. The van der Waals surface area contributed by atoms with Crippen LogP contribution in [0, 0.1) is 5.82 Å². The quantitative estimate of drug-likeness (QED) is 0.668. The molecular formula is C19H19FN2OS. The van der Waals surface area contributed by atoms with Gasteiger partial charge in [-0.1, -0.05) is 23.8 Å². The summed E-state index contributed by atoms with van der Waals surface area (Å²) in [4.78, 5) is 12.6. The van der Waals surface area contributed by atoms with E-state index in [1.54, 1.807) is 23.5 Å². The van der Waals surface area contributed by atoms with Gasteiger partial charge in [-0.25, -0.2) is 4.39 Å². The standard InChI is InChI=1S/C19H19FN2OS/c1-13(2)7-9-22-16-8-10-24-18(16)11-17(22)19(23)21-12-14-3-5-15(20)6-4-14/h3-8,10-11H,9,12H2,1-2H3,(H,21,23). The van der Waals surface area contributed by atoms with Crippen molar-refractivity contribution < 1.29 is 9.18 Å². The number of nitrogens with one attached hydrogen (secondary N) is 1. The number of nitrogens with zero attached hydrogens (tertiary/aromatic N) is 1. The second-order valence-corrected chi connectivity index (χ2v) is 6.85. The highest BCUT2D eigenvalue weighted by Crippen LogP contribution is 2.25. The van der Waals surface area contributed by atoms with Gasteiger partial charge in [-0.05, 0) is 49.1 Å². The number of amides is 1. The van der Waals surface area contributed by atoms with E-state index in [0.717, 1.165) is 15.8 Å². The van der Waals surface area contributed by atoms with Crippen LogP contribution in [0.2, 0.25) is 0 Å². The average Bonchev–Trinajstić information content (AvgIpc) is 3.13. The maximum Gasteiger partial charge on any atom is 0.268 e. The molecule has 0 unspecified atom stereocenters. The Morgan fingerprint density at radius 1 is 1.25 bits per heavy atom. The van der Waals surface area contributed by atoms with Crippen LogP contribution in [0.4, 0.5) is 4.39 Å². The second kappa shape index (κ2) is 7.01. The Morgan fingerprint density at radius 3 is 2.71 bits per heavy atom. The van der Waals surface area contributed by atoms with Crippen molar-refractivity contribution >= 4 is 27.5 Å². The van der Waals surface area contributed by atoms with Gasteiger partial charge in [0.1, 0.15) is 11.5 Å². The van der Waals surface area contributed by atoms with Crippen LogP contribution in [-0.4, -0.2) is 10.5 Å². The molecule has 3 rings (SSSR count). The molecule has 1 amide bonds. The van der Waals surface area contributed by atoms with Gasteiger partial charge >= 0.3 is 0 Å². The third-order valence-electron chi connectivity index (χ3n) is 3.80. The van der Waals surface area contributed by atoms with Crippen LogP contribution >= 0.6 is 11.3 Å². The van der Waals surface area contributed by atoms with Gasteiger partial charge in [0.15, 0.2) is 0 Å². The largest absolute Gasteiger partial charge is 0.347 e. The molecule has 0 radical (unpaired) electrons. The van der Waals surface area contributed by atoms with Crippen molar-refractivity contribution in [3.05, 3.63) is 70.5 Å². The lowest BCUT2D eigenvalue weighted by Gasteiger charge is -2.09. The predicted molar refractivity (Wildman–Crippen MR) is 96.8 cm³/mol. The summed E-state index contributed by atoms with van der Waals surface area (Å²) in [6.07, 6.45) is 2.11. The number of allylic oxidation sites excluding steroid dienone is 2. The topological polar surface area (TPSA) is 34.0 Å². The molecule has 24 heavy (non-hydrogen) atoms. The molecule has 124 valence electrons. The number of carbonyl (C=O) groups is 1. The Kier molecular flexibility index (Phi) is 4.81. The highest BCUT2D eigenvalue weighted by atomic mass is 32.1. The van der Waals surface area contributed by atoms with Gasteiger partial charge in [0.05, 0.1) is 10.2 Å². The molecule has 0 atom stereocenters. The van der Waals surface area contributed by atoms with E-state index in [4.69, 9.17) is 0 Å². The van der Waals surface area contributed by atoms with E-state index in [2.05, 4.69) is 11.4 Å². The molecule has 3 nitrogen and oxygen atoms in total. The van der Waals surface area contributed by atoms with Gasteiger partial charge in [0.25, 0.3) is 5.91 Å². The van der Waals surface area contributed by atoms with Crippen molar-refractivity contribution in [2.24, 2.45) is 0 Å². The van der Waals surface area contributed by atoms with Gasteiger partial charge in [0, 0.05) is 13.1 Å². The van der Waals surface area contributed by atoms with E-state index in [0.29, 0.717) is 18.8 Å². The number of thiophene rings is 1. The number of carbonyl (C=O) groups excluding carboxylic acids is 1. The Balaban J connectivity index is 1.80. The fraction of sp³-hybridized carbons (Fsp3) is 0.211. The minimum atomic E-state index is -0.277. The molecule has 5 heteroatoms. The van der Waals surface area contributed by atoms with E-state index in [1.807, 2.05) is 35.9 Å². The molecule has 0 saturated heterocycles. The molecule has 2 heterocycles. The van der Waals surface area contributed by atoms with Gasteiger partial charge in [0.2, 0.25) is 0 Å². The van der Waals surface area contributed by atoms with Crippen molar-refractivity contribution in [1.82, 2.24) is 9.88 Å². The van der Waals surface area contributed by atoms with E-state index < -0.39 is 0 Å². The summed E-state index contributed by atoms with van der Waals surface area (Å²) in [6.45, 7) is 5.13. The van der Waals surface area contributed by atoms with Crippen molar-refractivity contribution in [3.63, 3.8) is 0 Å². The summed E-state index contributed by atoms with van der Waals surface area (Å²) in [5.41, 5.74) is 3.81. The van der Waals surface area contributed by atoms with Crippen molar-refractivity contribution in [2.45, 2.75) is 26.9 Å². The number of hydrogen-bond acceptors (Lipinski definition) is 2. The molecule has 0 aliphatic heterocycles. The van der Waals surface area contributed by atoms with Crippen LogP contribution in [0.15, 0.2) is 53.4 Å². The van der Waals surface area contributed by atoms with Gasteiger partial charge in [-0.15, -0.1) is 11.3 Å². The molecule has 1 N–H and O–H groups in total. The summed E-state index contributed by atoms with van der Waals surface area (Å²) in [6, 6.07) is 10.1. The highest BCUT2D eigenvalue weighted by Gasteiger charge is 2.15. The summed E-state index contributed by atoms with van der Waals surface area (Å²) in [5, 5.41) is 4.95. The molecule has 0 bridgehead atoms. The first-order chi connectivity index (χ1) is 11.5. The lowest BCUT2D eigenvalue weighted by atomic mass is 10.2. The average molecular weight is 342 g/mol. The number of hydrogen-bond donors (Lipinski definition) is 1. The van der Waals surface area contributed by atoms with E-state index in [1.165, 1.54) is 17.7 Å². The van der Waals surface area contributed by atoms with Gasteiger partial charge in [-0.2, -0.15) is 0 Å². The Morgan fingerprint density at radius 2 is 2.00 bits per heavy atom. The molecule has 0 spiro atoms. The molecule has 3 aromatic rings. The van der Waals surface area contributed by atoms with Crippen LogP contribution in [0.5, 0.6) is 0 Å². The molecule has 0 aliphatic rings. The van der Waals surface area contributed by atoms with Crippen LogP contribution < -0.4 is 5.32 Å². The van der Waals surface area contributed by atoms with E-state index in [9.17, 15) is 9.18 Å². The Labute approximate surface area is 144 Å². The zero-order valence-electron chi connectivity index (χ0n) is 13.7. The molecule has 1 aromatic carbocycles. The maximum absolute atomic E-state index is 12.9. The van der Waals surface area contributed by atoms with Crippen LogP contribution in [0.1, 0.15) is 29.9 Å². The van der Waals surface area contributed by atoms with Crippen molar-refractivity contribution in [2.75, 3.05) is 0 Å². The van der Waals surface area contributed by atoms with Crippen molar-refractivity contribution in [1.29, 1.82) is 0 Å². The van der Waals surface area contributed by atoms with E-state index in [-0.39, 0.29) is 11.7 Å². The summed E-state index contributed by atoms with van der Waals surface area (Å²) < 4.78 is 16.1. The third kappa shape index (κ3) is 3.57. The number of benzene rings is 1. The molecule has 0 saturated carbocycles. The van der Waals surface area contributed by atoms with E-state index >= 15 is 0 Å². The Bertz CT molecular complexity index is 886. The summed E-state index contributed by atoms with van der Waals surface area (Å²) in [7, 11) is 0. The summed E-state index contributed by atoms with van der Waals surface area (Å²) in [5.74, 6) is -0.397. The predicted octanol–water partition coefficient (Wildman–Crippen LogP) is 4.74. The molecule has 0 aliphatic carbocycles. The summed E-state index contributed by atoms with van der Waals surface area (Å²) >= 11 is 1.63. The lowest BCUT2D eigenvalue weighted by Crippen LogP contribution is -2.25. The third-order valence-corrected chi connectivity index (χ3v) is 4.66. The Hall–Kier alpha value is -2.40. The van der Waals surface area contributed by atoms with Crippen LogP contribution in [0.3, 0.4) is 0 Å². The highest BCUT2D eigenvalue weighted by molar-refractivity contribution is 7.17. The van der Waals surface area contributed by atoms with Crippen LogP contribution in [0.25, 0.3) is 10.2 Å². The SMILES string of the molecule is CC(C)=CCn1c(C(=O)NCc2ccc(F)cc2)cc2sccc21. The fourth-order valence-corrected chi connectivity index (χ4v) is 3.33. The zero-order chi connectivity index (χ0) is 17.1. The molecule has 2 aromatic heterocycles. The maximum atomic E-state index is 12.9. The van der Waals surface area contributed by atoms with Crippen LogP contribution in [-0.2, 0) is 13.1 Å². The molecular weight excluding hydrogens is 323 g/mol. The smallest absolute Gasteiger partial charge is 0.268 e. The second-order valence-electron chi connectivity index (χ2n) is 5.90.